The molecule has 120 valence electrons. The Morgan fingerprint density at radius 3 is 2.61 bits per heavy atom. The summed E-state index contributed by atoms with van der Waals surface area (Å²) < 4.78 is 1.90. The van der Waals surface area contributed by atoms with Crippen LogP contribution in [0.2, 0.25) is 0 Å². The largest absolute Gasteiger partial charge is 0.349 e. The van der Waals surface area contributed by atoms with Gasteiger partial charge in [0, 0.05) is 6.54 Å². The maximum atomic E-state index is 12.1. The number of hydrogen-bond acceptors (Lipinski definition) is 5. The molecule has 0 aliphatic carbocycles. The van der Waals surface area contributed by atoms with Crippen molar-refractivity contribution >= 4 is 11.0 Å². The van der Waals surface area contributed by atoms with E-state index < -0.39 is 11.2 Å². The number of unbranched alkanes of at least 4 members (excludes halogenated alkanes) is 1. The molecule has 0 spiro atoms. The summed E-state index contributed by atoms with van der Waals surface area (Å²) in [6, 6.07) is 3.97. The molecule has 0 unspecified atom stereocenters. The second kappa shape index (κ2) is 5.92. The predicted octanol–water partition coefficient (Wildman–Crippen LogP) is 0.940. The van der Waals surface area contributed by atoms with Crippen LogP contribution < -0.4 is 17.0 Å². The lowest BCUT2D eigenvalue weighted by atomic mass is 10.1. The highest BCUT2D eigenvalue weighted by Crippen LogP contribution is 2.24. The Morgan fingerprint density at radius 1 is 1.13 bits per heavy atom. The third-order valence-corrected chi connectivity index (χ3v) is 4.06. The molecule has 2 aliphatic rings. The van der Waals surface area contributed by atoms with Gasteiger partial charge in [-0.25, -0.2) is 9.78 Å². The lowest BCUT2D eigenvalue weighted by Crippen LogP contribution is -2.29. The topological polar surface area (TPSA) is 107 Å². The second-order valence-electron chi connectivity index (χ2n) is 5.73. The standard InChI is InChI=1S/C16H19N5O2/c1-9-7-11-12(8-10(9)2)21(6-4-3-5-17)14-13(18-11)15(22)20-16(23)19-14/h7-8H,3-6,17H2,1-2H3,(H,20,22,23). The third kappa shape index (κ3) is 2.75. The fourth-order valence-corrected chi connectivity index (χ4v) is 2.69. The number of nitrogens with two attached hydrogens (primary N) is 1. The van der Waals surface area contributed by atoms with Crippen LogP contribution in [0, 0.1) is 13.8 Å². The van der Waals surface area contributed by atoms with Crippen molar-refractivity contribution < 1.29 is 0 Å². The van der Waals surface area contributed by atoms with E-state index in [-0.39, 0.29) is 5.69 Å². The molecule has 23 heavy (non-hydrogen) atoms. The molecule has 3 rings (SSSR count). The number of hydrogen-bond donors (Lipinski definition) is 2. The molecule has 0 saturated carbocycles. The van der Waals surface area contributed by atoms with E-state index in [1.54, 1.807) is 0 Å². The number of aryl methyl sites for hydroxylation is 3. The SMILES string of the molecule is Cc1cc2nc3c(=O)[nH]c(=O)nc-3n(CCCCN)c2cc1C. The smallest absolute Gasteiger partial charge is 0.330 e. The molecule has 7 heteroatoms. The molecule has 0 amide bonds. The van der Waals surface area contributed by atoms with Crippen LogP contribution in [0.1, 0.15) is 24.0 Å². The summed E-state index contributed by atoms with van der Waals surface area (Å²) in [4.78, 5) is 34.3. The first-order valence-corrected chi connectivity index (χ1v) is 7.63. The predicted molar refractivity (Wildman–Crippen MR) is 88.8 cm³/mol. The molecule has 3 N–H and O–H groups in total. The minimum atomic E-state index is -0.653. The molecule has 0 aromatic heterocycles. The Morgan fingerprint density at radius 2 is 1.87 bits per heavy atom. The molecule has 2 aliphatic heterocycles. The van der Waals surface area contributed by atoms with Crippen LogP contribution in [0.15, 0.2) is 21.7 Å². The van der Waals surface area contributed by atoms with Gasteiger partial charge in [0.05, 0.1) is 11.0 Å². The average Bonchev–Trinajstić information content (AvgIpc) is 2.49. The van der Waals surface area contributed by atoms with Gasteiger partial charge in [-0.1, -0.05) is 0 Å². The molecular formula is C16H19N5O2. The van der Waals surface area contributed by atoms with Crippen LogP contribution in [-0.4, -0.2) is 26.1 Å². The normalized spacial score (nSPS) is 11.4. The van der Waals surface area contributed by atoms with Gasteiger partial charge >= 0.3 is 5.69 Å². The molecule has 7 nitrogen and oxygen atoms in total. The number of nitrogens with zero attached hydrogens (tertiary/aromatic N) is 3. The zero-order valence-corrected chi connectivity index (χ0v) is 13.2. The first-order chi connectivity index (χ1) is 11.0. The Labute approximate surface area is 132 Å². The van der Waals surface area contributed by atoms with Gasteiger partial charge in [-0.15, -0.1) is 0 Å². The van der Waals surface area contributed by atoms with Gasteiger partial charge < -0.3 is 10.3 Å². The minimum Gasteiger partial charge on any atom is -0.330 e. The minimum absolute atomic E-state index is 0.188. The van der Waals surface area contributed by atoms with Crippen molar-refractivity contribution in [3.8, 4) is 11.5 Å². The lowest BCUT2D eigenvalue weighted by molar-refractivity contribution is 0.621. The fraction of sp³-hybridized carbons (Fsp3) is 0.375. The van der Waals surface area contributed by atoms with Gasteiger partial charge in [0.15, 0.2) is 11.5 Å². The third-order valence-electron chi connectivity index (χ3n) is 4.06. The van der Waals surface area contributed by atoms with Crippen molar-refractivity contribution in [3.63, 3.8) is 0 Å². The molecule has 0 fully saturated rings. The van der Waals surface area contributed by atoms with E-state index in [0.29, 0.717) is 18.9 Å². The zero-order chi connectivity index (χ0) is 16.6. The quantitative estimate of drug-likeness (QED) is 0.550. The van der Waals surface area contributed by atoms with Crippen LogP contribution >= 0.6 is 0 Å². The van der Waals surface area contributed by atoms with Crippen LogP contribution in [0.5, 0.6) is 0 Å². The average molecular weight is 313 g/mol. The van der Waals surface area contributed by atoms with Crippen molar-refractivity contribution in [2.45, 2.75) is 33.2 Å². The van der Waals surface area contributed by atoms with Crippen molar-refractivity contribution in [2.75, 3.05) is 6.54 Å². The summed E-state index contributed by atoms with van der Waals surface area (Å²) in [5.74, 6) is 0.325. The van der Waals surface area contributed by atoms with Gasteiger partial charge in [0.2, 0.25) is 0 Å². The number of aromatic nitrogens is 4. The molecule has 0 atom stereocenters. The summed E-state index contributed by atoms with van der Waals surface area (Å²) in [6.45, 7) is 5.25. The zero-order valence-electron chi connectivity index (χ0n) is 13.2. The highest BCUT2D eigenvalue weighted by atomic mass is 16.2. The number of benzene rings is 1. The fourth-order valence-electron chi connectivity index (χ4n) is 2.69. The van der Waals surface area contributed by atoms with Gasteiger partial charge in [0.1, 0.15) is 0 Å². The number of H-pyrrole nitrogens is 1. The maximum absolute atomic E-state index is 12.1. The summed E-state index contributed by atoms with van der Waals surface area (Å²) in [5, 5.41) is 0. The van der Waals surface area contributed by atoms with E-state index >= 15 is 0 Å². The molecule has 0 radical (unpaired) electrons. The summed E-state index contributed by atoms with van der Waals surface area (Å²) in [6.07, 6.45) is 1.70. The van der Waals surface area contributed by atoms with E-state index in [4.69, 9.17) is 5.73 Å². The first kappa shape index (κ1) is 15.4. The van der Waals surface area contributed by atoms with Gasteiger partial charge in [-0.3, -0.25) is 9.78 Å². The Kier molecular flexibility index (Phi) is 3.96. The highest BCUT2D eigenvalue weighted by molar-refractivity contribution is 5.81. The monoisotopic (exact) mass is 313 g/mol. The van der Waals surface area contributed by atoms with Crippen LogP contribution in [-0.2, 0) is 6.54 Å². The molecule has 0 bridgehead atoms. The number of rotatable bonds is 4. The van der Waals surface area contributed by atoms with E-state index in [1.807, 2.05) is 30.5 Å². The molecular weight excluding hydrogens is 294 g/mol. The van der Waals surface area contributed by atoms with Crippen molar-refractivity contribution in [3.05, 3.63) is 44.1 Å². The molecule has 1 aromatic carbocycles. The number of fused-ring (bicyclic) bond motifs is 2. The number of nitrogens with one attached hydrogen (secondary N) is 1. The van der Waals surface area contributed by atoms with E-state index in [1.165, 1.54) is 0 Å². The van der Waals surface area contributed by atoms with E-state index in [2.05, 4.69) is 15.0 Å². The van der Waals surface area contributed by atoms with Crippen LogP contribution in [0.25, 0.3) is 22.6 Å². The number of aromatic amines is 1. The van der Waals surface area contributed by atoms with Gasteiger partial charge in [-0.05, 0) is 56.5 Å². The van der Waals surface area contributed by atoms with Crippen LogP contribution in [0.4, 0.5) is 0 Å². The Balaban J connectivity index is 2.37. The van der Waals surface area contributed by atoms with Crippen LogP contribution in [0.3, 0.4) is 0 Å². The Hall–Kier alpha value is -2.54. The first-order valence-electron chi connectivity index (χ1n) is 7.63. The van der Waals surface area contributed by atoms with Gasteiger partial charge in [0.25, 0.3) is 5.56 Å². The molecule has 2 heterocycles. The van der Waals surface area contributed by atoms with E-state index in [9.17, 15) is 9.59 Å². The van der Waals surface area contributed by atoms with Gasteiger partial charge in [-0.2, -0.15) is 4.98 Å². The van der Waals surface area contributed by atoms with Crippen molar-refractivity contribution in [1.82, 2.24) is 19.5 Å². The highest BCUT2D eigenvalue weighted by Gasteiger charge is 2.18. The molecule has 1 aromatic rings. The van der Waals surface area contributed by atoms with E-state index in [0.717, 1.165) is 35.0 Å². The summed E-state index contributed by atoms with van der Waals surface area (Å²) in [5.41, 5.74) is 8.41. The van der Waals surface area contributed by atoms with Crippen molar-refractivity contribution in [2.24, 2.45) is 5.73 Å². The Bertz CT molecular complexity index is 957. The second-order valence-corrected chi connectivity index (χ2v) is 5.73. The molecule has 0 saturated heterocycles. The van der Waals surface area contributed by atoms with Crippen molar-refractivity contribution in [1.29, 1.82) is 0 Å². The lowest BCUT2D eigenvalue weighted by Gasteiger charge is -2.17. The maximum Gasteiger partial charge on any atom is 0.349 e. The summed E-state index contributed by atoms with van der Waals surface area (Å²) in [7, 11) is 0. The summed E-state index contributed by atoms with van der Waals surface area (Å²) >= 11 is 0.